The molecular formula is C19H19ClFN3O. The van der Waals surface area contributed by atoms with Crippen LogP contribution in [-0.4, -0.2) is 15.5 Å². The molecule has 2 aromatic heterocycles. The second-order valence-electron chi connectivity index (χ2n) is 6.61. The van der Waals surface area contributed by atoms with E-state index >= 15 is 0 Å². The van der Waals surface area contributed by atoms with E-state index < -0.39 is 11.7 Å². The van der Waals surface area contributed by atoms with Gasteiger partial charge in [-0.05, 0) is 42.2 Å². The third-order valence-corrected chi connectivity index (χ3v) is 4.38. The summed E-state index contributed by atoms with van der Waals surface area (Å²) in [6, 6.07) is 6.40. The summed E-state index contributed by atoms with van der Waals surface area (Å²) in [4.78, 5) is 16.0. The van der Waals surface area contributed by atoms with Gasteiger partial charge in [0.05, 0.1) is 5.02 Å². The zero-order chi connectivity index (χ0) is 18.3. The predicted molar refractivity (Wildman–Crippen MR) is 98.2 cm³/mol. The highest BCUT2D eigenvalue weighted by atomic mass is 35.5. The maximum atomic E-state index is 13.9. The average Bonchev–Trinajstić information content (AvgIpc) is 2.88. The van der Waals surface area contributed by atoms with E-state index in [2.05, 4.69) is 18.8 Å². The van der Waals surface area contributed by atoms with E-state index in [0.717, 1.165) is 23.1 Å². The lowest BCUT2D eigenvalue weighted by Crippen LogP contribution is -2.14. The first-order valence-corrected chi connectivity index (χ1v) is 8.41. The van der Waals surface area contributed by atoms with Crippen LogP contribution in [0.25, 0.3) is 22.2 Å². The number of benzene rings is 1. The molecule has 0 radical (unpaired) electrons. The van der Waals surface area contributed by atoms with Gasteiger partial charge in [-0.1, -0.05) is 31.5 Å². The Labute approximate surface area is 150 Å². The van der Waals surface area contributed by atoms with Crippen LogP contribution in [0.1, 0.15) is 29.9 Å². The number of aromatic nitrogens is 2. The quantitative estimate of drug-likeness (QED) is 0.742. The van der Waals surface area contributed by atoms with Gasteiger partial charge in [0.2, 0.25) is 0 Å². The minimum Gasteiger partial charge on any atom is -0.364 e. The molecule has 3 rings (SSSR count). The summed E-state index contributed by atoms with van der Waals surface area (Å²) in [7, 11) is 0. The molecular weight excluding hydrogens is 341 g/mol. The lowest BCUT2D eigenvalue weighted by molar-refractivity contribution is 0.0996. The normalized spacial score (nSPS) is 11.4. The van der Waals surface area contributed by atoms with E-state index in [-0.39, 0.29) is 10.7 Å². The van der Waals surface area contributed by atoms with Gasteiger partial charge in [0.15, 0.2) is 0 Å². The van der Waals surface area contributed by atoms with E-state index in [0.29, 0.717) is 17.1 Å². The molecule has 4 nitrogen and oxygen atoms in total. The van der Waals surface area contributed by atoms with Crippen molar-refractivity contribution in [2.75, 3.05) is 0 Å². The molecule has 0 saturated carbocycles. The minimum absolute atomic E-state index is 0.0838. The number of primary amides is 1. The van der Waals surface area contributed by atoms with Gasteiger partial charge in [-0.3, -0.25) is 4.79 Å². The molecule has 25 heavy (non-hydrogen) atoms. The number of pyridine rings is 1. The number of nitrogens with two attached hydrogens (primary N) is 1. The molecule has 6 heteroatoms. The standard InChI is InChI=1S/C19H19ClFN3O/c1-10(2)8-24-9-13(12-4-5-14(20)15(21)7-12)17-11(3)6-16(18(22)25)23-19(17)24/h4-7,9-10H,8H2,1-3H3,(H2,22,25). The maximum absolute atomic E-state index is 13.9. The Balaban J connectivity index is 2.31. The largest absolute Gasteiger partial charge is 0.364 e. The monoisotopic (exact) mass is 359 g/mol. The van der Waals surface area contributed by atoms with Crippen molar-refractivity contribution < 1.29 is 9.18 Å². The zero-order valence-corrected chi connectivity index (χ0v) is 15.1. The summed E-state index contributed by atoms with van der Waals surface area (Å²) >= 11 is 5.80. The van der Waals surface area contributed by atoms with E-state index in [9.17, 15) is 9.18 Å². The molecule has 2 heterocycles. The molecule has 0 bridgehead atoms. The first kappa shape index (κ1) is 17.4. The molecule has 0 spiro atoms. The molecule has 1 aromatic carbocycles. The number of hydrogen-bond donors (Lipinski definition) is 1. The number of carbonyl (C=O) groups excluding carboxylic acids is 1. The SMILES string of the molecule is Cc1cc(C(N)=O)nc2c1c(-c1ccc(Cl)c(F)c1)cn2CC(C)C. The number of aryl methyl sites for hydroxylation is 1. The number of rotatable bonds is 4. The van der Waals surface area contributed by atoms with Crippen molar-refractivity contribution in [3.8, 4) is 11.1 Å². The Morgan fingerprint density at radius 3 is 2.68 bits per heavy atom. The van der Waals surface area contributed by atoms with Gasteiger partial charge in [-0.15, -0.1) is 0 Å². The summed E-state index contributed by atoms with van der Waals surface area (Å²) < 4.78 is 15.9. The number of amides is 1. The molecule has 2 N–H and O–H groups in total. The lowest BCUT2D eigenvalue weighted by atomic mass is 10.0. The number of fused-ring (bicyclic) bond motifs is 1. The number of carbonyl (C=O) groups is 1. The minimum atomic E-state index is -0.568. The zero-order valence-electron chi connectivity index (χ0n) is 14.3. The van der Waals surface area contributed by atoms with Crippen molar-refractivity contribution in [1.29, 1.82) is 0 Å². The number of hydrogen-bond acceptors (Lipinski definition) is 2. The first-order chi connectivity index (χ1) is 11.8. The van der Waals surface area contributed by atoms with Crippen LogP contribution < -0.4 is 5.73 Å². The maximum Gasteiger partial charge on any atom is 0.267 e. The Hall–Kier alpha value is -2.40. The number of nitrogens with zero attached hydrogens (tertiary/aromatic N) is 2. The molecule has 0 aliphatic heterocycles. The molecule has 0 aliphatic carbocycles. The van der Waals surface area contributed by atoms with Crippen molar-refractivity contribution in [2.24, 2.45) is 11.7 Å². The van der Waals surface area contributed by atoms with Gasteiger partial charge < -0.3 is 10.3 Å². The number of halogens is 2. The smallest absolute Gasteiger partial charge is 0.267 e. The summed E-state index contributed by atoms with van der Waals surface area (Å²) in [5.74, 6) is -0.658. The fraction of sp³-hybridized carbons (Fsp3) is 0.263. The van der Waals surface area contributed by atoms with Crippen LogP contribution in [0.3, 0.4) is 0 Å². The van der Waals surface area contributed by atoms with Crippen molar-refractivity contribution in [3.63, 3.8) is 0 Å². The lowest BCUT2D eigenvalue weighted by Gasteiger charge is -2.08. The van der Waals surface area contributed by atoms with Gasteiger partial charge in [-0.25, -0.2) is 9.37 Å². The Bertz CT molecular complexity index is 978. The molecule has 0 aliphatic rings. The third kappa shape index (κ3) is 3.24. The fourth-order valence-electron chi connectivity index (χ4n) is 3.02. The van der Waals surface area contributed by atoms with Crippen LogP contribution in [0.15, 0.2) is 30.5 Å². The molecule has 0 unspecified atom stereocenters. The third-order valence-electron chi connectivity index (χ3n) is 4.07. The van der Waals surface area contributed by atoms with Crippen LogP contribution in [0, 0.1) is 18.7 Å². The van der Waals surface area contributed by atoms with Crippen molar-refractivity contribution in [2.45, 2.75) is 27.3 Å². The van der Waals surface area contributed by atoms with E-state index in [1.165, 1.54) is 6.07 Å². The molecule has 0 saturated heterocycles. The van der Waals surface area contributed by atoms with Crippen molar-refractivity contribution in [1.82, 2.24) is 9.55 Å². The van der Waals surface area contributed by atoms with Gasteiger partial charge in [0, 0.05) is 23.7 Å². The van der Waals surface area contributed by atoms with Crippen molar-refractivity contribution >= 4 is 28.5 Å². The van der Waals surface area contributed by atoms with Crippen molar-refractivity contribution in [3.05, 3.63) is 52.6 Å². The molecule has 130 valence electrons. The highest BCUT2D eigenvalue weighted by Crippen LogP contribution is 2.34. The molecule has 0 atom stereocenters. The van der Waals surface area contributed by atoms with Crippen LogP contribution in [0.5, 0.6) is 0 Å². The second-order valence-corrected chi connectivity index (χ2v) is 7.01. The molecule has 0 fully saturated rings. The summed E-state index contributed by atoms with van der Waals surface area (Å²) in [6.45, 7) is 6.81. The summed E-state index contributed by atoms with van der Waals surface area (Å²) in [5.41, 5.74) is 8.74. The highest BCUT2D eigenvalue weighted by Gasteiger charge is 2.18. The summed E-state index contributed by atoms with van der Waals surface area (Å²) in [5, 5.41) is 0.966. The van der Waals surface area contributed by atoms with Gasteiger partial charge in [0.1, 0.15) is 17.2 Å². The molecule has 3 aromatic rings. The topological polar surface area (TPSA) is 60.9 Å². The van der Waals surface area contributed by atoms with Crippen LogP contribution in [-0.2, 0) is 6.54 Å². The Morgan fingerprint density at radius 1 is 1.36 bits per heavy atom. The van der Waals surface area contributed by atoms with Gasteiger partial charge in [0.25, 0.3) is 5.91 Å². The fourth-order valence-corrected chi connectivity index (χ4v) is 3.14. The van der Waals surface area contributed by atoms with E-state index in [1.54, 1.807) is 18.2 Å². The second kappa shape index (κ2) is 6.48. The summed E-state index contributed by atoms with van der Waals surface area (Å²) in [6.07, 6.45) is 1.94. The average molecular weight is 360 g/mol. The first-order valence-electron chi connectivity index (χ1n) is 8.03. The Morgan fingerprint density at radius 2 is 2.08 bits per heavy atom. The van der Waals surface area contributed by atoms with Crippen LogP contribution in [0.2, 0.25) is 5.02 Å². The van der Waals surface area contributed by atoms with Crippen LogP contribution in [0.4, 0.5) is 4.39 Å². The Kier molecular flexibility index (Phi) is 4.52. The predicted octanol–water partition coefficient (Wildman–Crippen LogP) is 4.56. The van der Waals surface area contributed by atoms with Gasteiger partial charge in [-0.2, -0.15) is 0 Å². The van der Waals surface area contributed by atoms with Gasteiger partial charge >= 0.3 is 0 Å². The van der Waals surface area contributed by atoms with E-state index in [1.807, 2.05) is 17.7 Å². The highest BCUT2D eigenvalue weighted by molar-refractivity contribution is 6.30. The molecule has 1 amide bonds. The van der Waals surface area contributed by atoms with Crippen LogP contribution >= 0.6 is 11.6 Å². The van der Waals surface area contributed by atoms with E-state index in [4.69, 9.17) is 17.3 Å².